The highest BCUT2D eigenvalue weighted by Gasteiger charge is 2.14. The van der Waals surface area contributed by atoms with Crippen molar-refractivity contribution in [2.45, 2.75) is 19.4 Å². The van der Waals surface area contributed by atoms with Gasteiger partial charge in [-0.2, -0.15) is 0 Å². The molecule has 2 aromatic carbocycles. The van der Waals surface area contributed by atoms with Gasteiger partial charge in [-0.3, -0.25) is 9.58 Å². The molecule has 0 unspecified atom stereocenters. The Morgan fingerprint density at radius 3 is 2.44 bits per heavy atom. The minimum absolute atomic E-state index is 0. The van der Waals surface area contributed by atoms with Gasteiger partial charge in [-0.05, 0) is 43.6 Å². The van der Waals surface area contributed by atoms with Crippen molar-refractivity contribution in [1.29, 1.82) is 0 Å². The lowest BCUT2D eigenvalue weighted by molar-refractivity contribution is 0.232. The monoisotopic (exact) mass is 357 g/mol. The van der Waals surface area contributed by atoms with E-state index in [0.717, 1.165) is 29.9 Å². The number of ether oxygens (including phenoxy) is 1. The Morgan fingerprint density at radius 2 is 1.64 bits per heavy atom. The van der Waals surface area contributed by atoms with Crippen LogP contribution in [0.3, 0.4) is 0 Å². The molecular weight excluding hydrogens is 334 g/mol. The number of fused-ring (bicyclic) bond motifs is 1. The van der Waals surface area contributed by atoms with E-state index in [2.05, 4.69) is 47.4 Å². The molecule has 0 spiro atoms. The Balaban J connectivity index is 0.00000182. The lowest BCUT2D eigenvalue weighted by Gasteiger charge is -2.13. The average Bonchev–Trinajstić information content (AvgIpc) is 3.25. The van der Waals surface area contributed by atoms with Gasteiger partial charge in [-0.25, -0.2) is 0 Å². The van der Waals surface area contributed by atoms with Crippen molar-refractivity contribution in [3.05, 3.63) is 60.2 Å². The van der Waals surface area contributed by atoms with Crippen LogP contribution in [0, 0.1) is 0 Å². The lowest BCUT2D eigenvalue weighted by atomic mass is 10.2. The molecule has 0 saturated carbocycles. The van der Waals surface area contributed by atoms with E-state index >= 15 is 0 Å². The standard InChI is InChI=1S/C20H23N3O.ClH/c1-2-8-17(9-3-1)16-23-19-11-5-4-10-18(19)20(21-23)24-15-14-22-12-6-7-13-22;/h1-5,8-11H,6-7,12-16H2;1H. The second-order valence-electron chi connectivity index (χ2n) is 6.36. The van der Waals surface area contributed by atoms with Gasteiger partial charge in [-0.1, -0.05) is 42.5 Å². The Morgan fingerprint density at radius 1 is 0.920 bits per heavy atom. The highest BCUT2D eigenvalue weighted by Crippen LogP contribution is 2.25. The average molecular weight is 358 g/mol. The van der Waals surface area contributed by atoms with Gasteiger partial charge in [-0.15, -0.1) is 17.5 Å². The first-order valence-corrected chi connectivity index (χ1v) is 8.75. The number of rotatable bonds is 6. The maximum Gasteiger partial charge on any atom is 0.240 e. The zero-order chi connectivity index (χ0) is 16.2. The summed E-state index contributed by atoms with van der Waals surface area (Å²) in [5, 5.41) is 5.82. The molecule has 0 bridgehead atoms. The molecule has 4 rings (SSSR count). The van der Waals surface area contributed by atoms with E-state index in [9.17, 15) is 0 Å². The van der Waals surface area contributed by atoms with Crippen LogP contribution in [0.2, 0.25) is 0 Å². The van der Waals surface area contributed by atoms with Gasteiger partial charge in [0, 0.05) is 6.54 Å². The molecule has 1 saturated heterocycles. The Hall–Kier alpha value is -2.04. The summed E-state index contributed by atoms with van der Waals surface area (Å²) < 4.78 is 8.06. The van der Waals surface area contributed by atoms with Gasteiger partial charge < -0.3 is 4.74 Å². The SMILES string of the molecule is Cl.c1ccc(Cn2nc(OCCN3CCCC3)c3ccccc32)cc1. The minimum Gasteiger partial charge on any atom is -0.475 e. The molecule has 0 atom stereocenters. The van der Waals surface area contributed by atoms with E-state index in [0.29, 0.717) is 6.61 Å². The summed E-state index contributed by atoms with van der Waals surface area (Å²) in [4.78, 5) is 2.46. The van der Waals surface area contributed by atoms with Crippen molar-refractivity contribution in [2.24, 2.45) is 0 Å². The number of para-hydroxylation sites is 1. The first kappa shape index (κ1) is 17.8. The Bertz CT molecular complexity index is 797. The number of aromatic nitrogens is 2. The zero-order valence-corrected chi connectivity index (χ0v) is 15.1. The summed E-state index contributed by atoms with van der Waals surface area (Å²) in [5.41, 5.74) is 2.37. The molecule has 1 aliphatic rings. The predicted octanol–water partition coefficient (Wildman–Crippen LogP) is 3.98. The largest absolute Gasteiger partial charge is 0.475 e. The van der Waals surface area contributed by atoms with Crippen LogP contribution in [0.5, 0.6) is 5.88 Å². The molecule has 4 nitrogen and oxygen atoms in total. The predicted molar refractivity (Wildman–Crippen MR) is 104 cm³/mol. The fourth-order valence-electron chi connectivity index (χ4n) is 3.36. The quantitative estimate of drug-likeness (QED) is 0.668. The van der Waals surface area contributed by atoms with Crippen LogP contribution in [0.1, 0.15) is 18.4 Å². The molecule has 25 heavy (non-hydrogen) atoms. The molecule has 0 amide bonds. The molecule has 0 aliphatic carbocycles. The normalized spacial score (nSPS) is 14.6. The van der Waals surface area contributed by atoms with Crippen molar-refractivity contribution in [3.8, 4) is 5.88 Å². The number of benzene rings is 2. The molecule has 5 heteroatoms. The van der Waals surface area contributed by atoms with Crippen molar-refractivity contribution < 1.29 is 4.74 Å². The Kier molecular flexibility index (Phi) is 5.95. The van der Waals surface area contributed by atoms with Gasteiger partial charge in [0.05, 0.1) is 17.4 Å². The van der Waals surface area contributed by atoms with Gasteiger partial charge in [0.15, 0.2) is 0 Å². The summed E-state index contributed by atoms with van der Waals surface area (Å²) in [5.74, 6) is 0.751. The van der Waals surface area contributed by atoms with E-state index in [-0.39, 0.29) is 12.4 Å². The van der Waals surface area contributed by atoms with Crippen LogP contribution >= 0.6 is 12.4 Å². The van der Waals surface area contributed by atoms with Crippen LogP contribution in [-0.4, -0.2) is 40.9 Å². The van der Waals surface area contributed by atoms with Crippen LogP contribution in [0.4, 0.5) is 0 Å². The molecule has 2 heterocycles. The second kappa shape index (κ2) is 8.37. The maximum atomic E-state index is 6.03. The zero-order valence-electron chi connectivity index (χ0n) is 14.3. The third-order valence-corrected chi connectivity index (χ3v) is 4.64. The smallest absolute Gasteiger partial charge is 0.240 e. The van der Waals surface area contributed by atoms with Crippen molar-refractivity contribution in [1.82, 2.24) is 14.7 Å². The van der Waals surface area contributed by atoms with Gasteiger partial charge in [0.25, 0.3) is 0 Å². The minimum atomic E-state index is 0. The van der Waals surface area contributed by atoms with Gasteiger partial charge >= 0.3 is 0 Å². The van der Waals surface area contributed by atoms with Crippen molar-refractivity contribution >= 4 is 23.3 Å². The summed E-state index contributed by atoms with van der Waals surface area (Å²) in [7, 11) is 0. The van der Waals surface area contributed by atoms with E-state index in [1.54, 1.807) is 0 Å². The molecule has 1 aromatic heterocycles. The summed E-state index contributed by atoms with van der Waals surface area (Å²) in [6, 6.07) is 18.7. The Labute approximate surface area is 154 Å². The molecule has 1 aliphatic heterocycles. The number of likely N-dealkylation sites (tertiary alicyclic amines) is 1. The summed E-state index contributed by atoms with van der Waals surface area (Å²) in [6.45, 7) is 4.85. The fourth-order valence-corrected chi connectivity index (χ4v) is 3.36. The van der Waals surface area contributed by atoms with E-state index in [1.165, 1.54) is 31.5 Å². The fraction of sp³-hybridized carbons (Fsp3) is 0.350. The first-order valence-electron chi connectivity index (χ1n) is 8.75. The van der Waals surface area contributed by atoms with E-state index in [4.69, 9.17) is 9.84 Å². The van der Waals surface area contributed by atoms with Crippen LogP contribution in [0.25, 0.3) is 10.9 Å². The molecule has 0 N–H and O–H groups in total. The van der Waals surface area contributed by atoms with Gasteiger partial charge in [0.2, 0.25) is 5.88 Å². The third-order valence-electron chi connectivity index (χ3n) is 4.64. The van der Waals surface area contributed by atoms with Crippen molar-refractivity contribution in [3.63, 3.8) is 0 Å². The maximum absolute atomic E-state index is 6.03. The molecule has 0 radical (unpaired) electrons. The third kappa shape index (κ3) is 4.14. The van der Waals surface area contributed by atoms with E-state index in [1.807, 2.05) is 16.8 Å². The lowest BCUT2D eigenvalue weighted by Crippen LogP contribution is -2.25. The topological polar surface area (TPSA) is 30.3 Å². The summed E-state index contributed by atoms with van der Waals surface area (Å²) >= 11 is 0. The van der Waals surface area contributed by atoms with Crippen LogP contribution in [0.15, 0.2) is 54.6 Å². The first-order chi connectivity index (χ1) is 11.9. The summed E-state index contributed by atoms with van der Waals surface area (Å²) in [6.07, 6.45) is 2.63. The molecular formula is C20H24ClN3O. The van der Waals surface area contributed by atoms with Crippen molar-refractivity contribution in [2.75, 3.05) is 26.2 Å². The van der Waals surface area contributed by atoms with Gasteiger partial charge in [0.1, 0.15) is 6.61 Å². The molecule has 132 valence electrons. The highest BCUT2D eigenvalue weighted by molar-refractivity contribution is 5.85. The molecule has 3 aromatic rings. The number of halogens is 1. The highest BCUT2D eigenvalue weighted by atomic mass is 35.5. The van der Waals surface area contributed by atoms with Crippen LogP contribution < -0.4 is 4.74 Å². The van der Waals surface area contributed by atoms with E-state index < -0.39 is 0 Å². The molecule has 1 fully saturated rings. The number of hydrogen-bond donors (Lipinski definition) is 0. The van der Waals surface area contributed by atoms with Crippen LogP contribution in [-0.2, 0) is 6.54 Å². The second-order valence-corrected chi connectivity index (χ2v) is 6.36. The number of hydrogen-bond acceptors (Lipinski definition) is 3. The number of nitrogens with zero attached hydrogens (tertiary/aromatic N) is 3.